The number of carboxylic acid groups (broad SMARTS) is 1. The molecule has 1 N–H and O–H groups in total. The van der Waals surface area contributed by atoms with Crippen LogP contribution in [0.2, 0.25) is 0 Å². The summed E-state index contributed by atoms with van der Waals surface area (Å²) < 4.78 is 6.66. The normalized spacial score (nSPS) is 19.3. The second kappa shape index (κ2) is 5.06. The van der Waals surface area contributed by atoms with Gasteiger partial charge in [0.15, 0.2) is 0 Å². The van der Waals surface area contributed by atoms with Crippen LogP contribution in [0.3, 0.4) is 0 Å². The van der Waals surface area contributed by atoms with Crippen LogP contribution in [0.25, 0.3) is 0 Å². The summed E-state index contributed by atoms with van der Waals surface area (Å²) in [6.45, 7) is 0. The molecule has 1 aromatic carbocycles. The molecule has 0 bridgehead atoms. The molecule has 0 saturated heterocycles. The zero-order chi connectivity index (χ0) is 14.3. The van der Waals surface area contributed by atoms with E-state index in [1.165, 1.54) is 24.0 Å². The van der Waals surface area contributed by atoms with Gasteiger partial charge in [0.25, 0.3) is 0 Å². The molecule has 2 aliphatic rings. The summed E-state index contributed by atoms with van der Waals surface area (Å²) in [5, 5.41) is 9.17. The highest BCUT2D eigenvalue weighted by molar-refractivity contribution is 9.10. The molecule has 0 aliphatic heterocycles. The Balaban J connectivity index is 2.11. The van der Waals surface area contributed by atoms with Gasteiger partial charge in [-0.2, -0.15) is 0 Å². The lowest BCUT2D eigenvalue weighted by atomic mass is 9.84. The lowest BCUT2D eigenvalue weighted by Gasteiger charge is -2.25. The van der Waals surface area contributed by atoms with E-state index in [0.717, 1.165) is 41.5 Å². The molecule has 0 atom stereocenters. The molecule has 1 saturated carbocycles. The van der Waals surface area contributed by atoms with Gasteiger partial charge in [0.1, 0.15) is 5.75 Å². The van der Waals surface area contributed by atoms with Crippen LogP contribution in [0.4, 0.5) is 0 Å². The van der Waals surface area contributed by atoms with Crippen molar-refractivity contribution in [1.29, 1.82) is 0 Å². The van der Waals surface area contributed by atoms with E-state index in [-0.39, 0.29) is 11.8 Å². The van der Waals surface area contributed by atoms with E-state index in [2.05, 4.69) is 22.0 Å². The highest BCUT2D eigenvalue weighted by Crippen LogP contribution is 2.56. The molecule has 0 radical (unpaired) electrons. The molecule has 1 aromatic rings. The average molecular weight is 339 g/mol. The van der Waals surface area contributed by atoms with Gasteiger partial charge in [-0.1, -0.05) is 6.07 Å². The van der Waals surface area contributed by atoms with Crippen LogP contribution < -0.4 is 4.74 Å². The first kappa shape index (κ1) is 13.9. The Hall–Kier alpha value is -1.03. The number of aliphatic carboxylic acids is 1. The number of fused-ring (bicyclic) bond motifs is 1. The number of hydrogen-bond donors (Lipinski definition) is 1. The third-order valence-electron chi connectivity index (χ3n) is 4.66. The van der Waals surface area contributed by atoms with Crippen molar-refractivity contribution in [1.82, 2.24) is 0 Å². The van der Waals surface area contributed by atoms with Crippen molar-refractivity contribution < 1.29 is 14.6 Å². The van der Waals surface area contributed by atoms with Crippen LogP contribution in [0.15, 0.2) is 10.5 Å². The van der Waals surface area contributed by atoms with E-state index < -0.39 is 5.97 Å². The van der Waals surface area contributed by atoms with E-state index in [1.807, 2.05) is 0 Å². The van der Waals surface area contributed by atoms with Gasteiger partial charge in [0, 0.05) is 11.0 Å². The van der Waals surface area contributed by atoms with E-state index >= 15 is 0 Å². The summed E-state index contributed by atoms with van der Waals surface area (Å²) in [7, 11) is 1.68. The molecule has 3 rings (SSSR count). The fraction of sp³-hybridized carbons (Fsp3) is 0.562. The largest absolute Gasteiger partial charge is 0.495 e. The Bertz CT molecular complexity index is 561. The van der Waals surface area contributed by atoms with Gasteiger partial charge in [-0.05, 0) is 65.6 Å². The molecule has 4 heteroatoms. The quantitative estimate of drug-likeness (QED) is 0.907. The number of aryl methyl sites for hydroxylation is 1. The first-order valence-corrected chi connectivity index (χ1v) is 7.97. The Labute approximate surface area is 127 Å². The van der Waals surface area contributed by atoms with Gasteiger partial charge in [-0.3, -0.25) is 4.79 Å². The Morgan fingerprint density at radius 3 is 2.70 bits per heavy atom. The van der Waals surface area contributed by atoms with Crippen LogP contribution in [0, 0.1) is 0 Å². The number of hydrogen-bond acceptors (Lipinski definition) is 2. The van der Waals surface area contributed by atoms with Gasteiger partial charge in [-0.25, -0.2) is 0 Å². The van der Waals surface area contributed by atoms with Crippen LogP contribution in [-0.2, 0) is 23.1 Å². The van der Waals surface area contributed by atoms with Crippen molar-refractivity contribution in [3.05, 3.63) is 27.2 Å². The molecule has 2 aliphatic carbocycles. The first-order valence-electron chi connectivity index (χ1n) is 7.18. The third kappa shape index (κ3) is 2.24. The highest BCUT2D eigenvalue weighted by atomic mass is 79.9. The number of rotatable bonds is 4. The SMILES string of the molecule is COc1c(C2(CC(=O)O)CC2)cc2c(c1Br)CCCC2. The maximum atomic E-state index is 11.1. The molecule has 0 amide bonds. The highest BCUT2D eigenvalue weighted by Gasteiger charge is 2.48. The average Bonchev–Trinajstić information content (AvgIpc) is 3.18. The van der Waals surface area contributed by atoms with Crippen LogP contribution in [0.1, 0.15) is 48.8 Å². The summed E-state index contributed by atoms with van der Waals surface area (Å²) in [5.41, 5.74) is 3.61. The first-order chi connectivity index (χ1) is 9.57. The maximum absolute atomic E-state index is 11.1. The van der Waals surface area contributed by atoms with Gasteiger partial charge >= 0.3 is 5.97 Å². The maximum Gasteiger partial charge on any atom is 0.304 e. The van der Waals surface area contributed by atoms with E-state index in [1.54, 1.807) is 7.11 Å². The van der Waals surface area contributed by atoms with E-state index in [9.17, 15) is 4.79 Å². The molecule has 0 heterocycles. The van der Waals surface area contributed by atoms with Crippen LogP contribution >= 0.6 is 15.9 Å². The Morgan fingerprint density at radius 1 is 1.40 bits per heavy atom. The zero-order valence-electron chi connectivity index (χ0n) is 11.7. The van der Waals surface area contributed by atoms with Crippen molar-refractivity contribution in [2.24, 2.45) is 0 Å². The topological polar surface area (TPSA) is 46.5 Å². The monoisotopic (exact) mass is 338 g/mol. The molecule has 3 nitrogen and oxygen atoms in total. The molecule has 20 heavy (non-hydrogen) atoms. The van der Waals surface area contributed by atoms with E-state index in [4.69, 9.17) is 9.84 Å². The fourth-order valence-corrected chi connectivity index (χ4v) is 4.24. The van der Waals surface area contributed by atoms with Crippen LogP contribution in [-0.4, -0.2) is 18.2 Å². The second-order valence-electron chi connectivity index (χ2n) is 5.97. The number of methoxy groups -OCH3 is 1. The number of carboxylic acids is 1. The standard InChI is InChI=1S/C16H19BrO3/c1-20-15-12(16(6-7-16)9-13(18)19)8-10-4-2-3-5-11(10)14(15)17/h8H,2-7,9H2,1H3,(H,18,19). The molecular formula is C16H19BrO3. The summed E-state index contributed by atoms with van der Waals surface area (Å²) in [5.74, 6) is 0.128. The minimum Gasteiger partial charge on any atom is -0.495 e. The lowest BCUT2D eigenvalue weighted by Crippen LogP contribution is -2.16. The summed E-state index contributed by atoms with van der Waals surface area (Å²) in [6, 6.07) is 2.22. The minimum absolute atomic E-state index is 0.202. The smallest absolute Gasteiger partial charge is 0.304 e. The van der Waals surface area contributed by atoms with Crippen molar-refractivity contribution in [3.63, 3.8) is 0 Å². The second-order valence-corrected chi connectivity index (χ2v) is 6.76. The number of ether oxygens (including phenoxy) is 1. The summed E-state index contributed by atoms with van der Waals surface area (Å²) >= 11 is 3.69. The number of halogens is 1. The molecule has 1 fully saturated rings. The van der Waals surface area contributed by atoms with Crippen LogP contribution in [0.5, 0.6) is 5.75 Å². The molecule has 108 valence electrons. The molecule has 0 spiro atoms. The zero-order valence-corrected chi connectivity index (χ0v) is 13.3. The predicted molar refractivity (Wildman–Crippen MR) is 80.5 cm³/mol. The summed E-state index contributed by atoms with van der Waals surface area (Å²) in [4.78, 5) is 11.1. The van der Waals surface area contributed by atoms with Gasteiger partial charge in [0.2, 0.25) is 0 Å². The minimum atomic E-state index is -0.724. The van der Waals surface area contributed by atoms with Gasteiger partial charge in [0.05, 0.1) is 18.0 Å². The van der Waals surface area contributed by atoms with Gasteiger partial charge < -0.3 is 9.84 Å². The molecular weight excluding hydrogens is 320 g/mol. The third-order valence-corrected chi connectivity index (χ3v) is 5.50. The predicted octanol–water partition coefficient (Wildman–Crippen LogP) is 3.84. The Morgan fingerprint density at radius 2 is 2.10 bits per heavy atom. The number of carbonyl (C=O) groups is 1. The van der Waals surface area contributed by atoms with Crippen molar-refractivity contribution >= 4 is 21.9 Å². The van der Waals surface area contributed by atoms with E-state index in [0.29, 0.717) is 0 Å². The van der Waals surface area contributed by atoms with Gasteiger partial charge in [-0.15, -0.1) is 0 Å². The van der Waals surface area contributed by atoms with Crippen molar-refractivity contribution in [2.45, 2.75) is 50.4 Å². The summed E-state index contributed by atoms with van der Waals surface area (Å²) in [6.07, 6.45) is 6.70. The Kier molecular flexibility index (Phi) is 3.53. The van der Waals surface area contributed by atoms with Crippen molar-refractivity contribution in [2.75, 3.05) is 7.11 Å². The molecule has 0 unspecified atom stereocenters. The number of benzene rings is 1. The lowest BCUT2D eigenvalue weighted by molar-refractivity contribution is -0.137. The van der Waals surface area contributed by atoms with Crippen molar-refractivity contribution in [3.8, 4) is 5.75 Å². The fourth-order valence-electron chi connectivity index (χ4n) is 3.41. The molecule has 0 aromatic heterocycles.